The van der Waals surface area contributed by atoms with Crippen LogP contribution in [0.1, 0.15) is 45.2 Å². The van der Waals surface area contributed by atoms with E-state index in [4.69, 9.17) is 0 Å². The van der Waals surface area contributed by atoms with Crippen molar-refractivity contribution in [2.24, 2.45) is 0 Å². The fraction of sp³-hybridized carbons (Fsp3) is 0.583. The van der Waals surface area contributed by atoms with Crippen molar-refractivity contribution < 1.29 is 0 Å². The zero-order valence-corrected chi connectivity index (χ0v) is 9.94. The molecule has 0 unspecified atom stereocenters. The van der Waals surface area contributed by atoms with Crippen LogP contribution in [0, 0.1) is 0 Å². The van der Waals surface area contributed by atoms with Crippen LogP contribution in [0.4, 0.5) is 0 Å². The van der Waals surface area contributed by atoms with E-state index in [1.807, 2.05) is 6.33 Å². The highest BCUT2D eigenvalue weighted by atomic mass is 15.2. The zero-order chi connectivity index (χ0) is 11.3. The molecule has 4 heteroatoms. The molecule has 84 valence electrons. The Balaban J connectivity index is 2.24. The molecule has 0 aliphatic heterocycles. The summed E-state index contributed by atoms with van der Waals surface area (Å²) in [7, 11) is 0. The van der Waals surface area contributed by atoms with Gasteiger partial charge in [0.05, 0.1) is 12.0 Å². The highest BCUT2D eigenvalue weighted by molar-refractivity contribution is 5.74. The smallest absolute Gasteiger partial charge is 0.163 e. The second-order valence-corrected chi connectivity index (χ2v) is 5.49. The molecule has 2 heterocycles. The maximum Gasteiger partial charge on any atom is 0.163 e. The van der Waals surface area contributed by atoms with E-state index in [1.165, 1.54) is 12.8 Å². The van der Waals surface area contributed by atoms with Gasteiger partial charge >= 0.3 is 0 Å². The minimum Gasteiger partial charge on any atom is -0.310 e. The molecular formula is C12H16N4. The monoisotopic (exact) mass is 216 g/mol. The van der Waals surface area contributed by atoms with Crippen molar-refractivity contribution in [2.75, 3.05) is 0 Å². The van der Waals surface area contributed by atoms with Gasteiger partial charge in [-0.25, -0.2) is 15.0 Å². The van der Waals surface area contributed by atoms with Gasteiger partial charge in [-0.3, -0.25) is 0 Å². The molecular weight excluding hydrogens is 200 g/mol. The minimum absolute atomic E-state index is 0.0178. The SMILES string of the molecule is CC(C)(C)n1cnc2c(C3CC3)ncnc21. The number of imidazole rings is 1. The number of nitrogens with zero attached hydrogens (tertiary/aromatic N) is 4. The Morgan fingerprint density at radius 1 is 1.19 bits per heavy atom. The normalized spacial score (nSPS) is 16.9. The van der Waals surface area contributed by atoms with Gasteiger partial charge in [-0.15, -0.1) is 0 Å². The van der Waals surface area contributed by atoms with Crippen LogP contribution in [0.5, 0.6) is 0 Å². The summed E-state index contributed by atoms with van der Waals surface area (Å²) in [5.74, 6) is 0.619. The lowest BCUT2D eigenvalue weighted by Gasteiger charge is -2.20. The summed E-state index contributed by atoms with van der Waals surface area (Å²) in [5, 5.41) is 0. The molecule has 3 rings (SSSR count). The molecule has 1 saturated carbocycles. The van der Waals surface area contributed by atoms with E-state index in [0.717, 1.165) is 16.9 Å². The maximum atomic E-state index is 4.48. The van der Waals surface area contributed by atoms with Crippen LogP contribution in [0.25, 0.3) is 11.2 Å². The van der Waals surface area contributed by atoms with Crippen LogP contribution >= 0.6 is 0 Å². The molecule has 0 N–H and O–H groups in total. The van der Waals surface area contributed by atoms with Crippen molar-refractivity contribution in [2.45, 2.75) is 45.1 Å². The fourth-order valence-corrected chi connectivity index (χ4v) is 2.00. The molecule has 0 atom stereocenters. The Labute approximate surface area is 94.7 Å². The topological polar surface area (TPSA) is 43.6 Å². The van der Waals surface area contributed by atoms with Gasteiger partial charge in [0, 0.05) is 11.5 Å². The number of rotatable bonds is 1. The summed E-state index contributed by atoms with van der Waals surface area (Å²) in [6.45, 7) is 6.48. The van der Waals surface area contributed by atoms with E-state index in [2.05, 4.69) is 40.3 Å². The van der Waals surface area contributed by atoms with Gasteiger partial charge in [-0.05, 0) is 33.6 Å². The summed E-state index contributed by atoms with van der Waals surface area (Å²) >= 11 is 0. The third kappa shape index (κ3) is 1.40. The molecule has 0 radical (unpaired) electrons. The summed E-state index contributed by atoms with van der Waals surface area (Å²) < 4.78 is 2.12. The largest absolute Gasteiger partial charge is 0.310 e. The van der Waals surface area contributed by atoms with E-state index in [9.17, 15) is 0 Å². The molecule has 0 bridgehead atoms. The number of hydrogen-bond donors (Lipinski definition) is 0. The van der Waals surface area contributed by atoms with Crippen molar-refractivity contribution in [1.82, 2.24) is 19.5 Å². The quantitative estimate of drug-likeness (QED) is 0.735. The molecule has 16 heavy (non-hydrogen) atoms. The third-order valence-corrected chi connectivity index (χ3v) is 3.05. The lowest BCUT2D eigenvalue weighted by molar-refractivity contribution is 0.406. The number of hydrogen-bond acceptors (Lipinski definition) is 3. The summed E-state index contributed by atoms with van der Waals surface area (Å²) in [6.07, 6.45) is 6.04. The van der Waals surface area contributed by atoms with Gasteiger partial charge in [0.2, 0.25) is 0 Å². The first-order valence-corrected chi connectivity index (χ1v) is 5.76. The van der Waals surface area contributed by atoms with Crippen molar-refractivity contribution in [1.29, 1.82) is 0 Å². The molecule has 2 aromatic rings. The van der Waals surface area contributed by atoms with Crippen molar-refractivity contribution in [3.05, 3.63) is 18.3 Å². The van der Waals surface area contributed by atoms with E-state index in [-0.39, 0.29) is 5.54 Å². The molecule has 2 aromatic heterocycles. The minimum atomic E-state index is 0.0178. The average Bonchev–Trinajstić information content (AvgIpc) is 2.94. The highest BCUT2D eigenvalue weighted by Gasteiger charge is 2.29. The first kappa shape index (κ1) is 9.75. The Morgan fingerprint density at radius 2 is 1.94 bits per heavy atom. The van der Waals surface area contributed by atoms with Gasteiger partial charge in [0.25, 0.3) is 0 Å². The van der Waals surface area contributed by atoms with Crippen LogP contribution in [-0.4, -0.2) is 19.5 Å². The molecule has 1 fully saturated rings. The third-order valence-electron chi connectivity index (χ3n) is 3.05. The average molecular weight is 216 g/mol. The van der Waals surface area contributed by atoms with E-state index in [1.54, 1.807) is 6.33 Å². The first-order valence-electron chi connectivity index (χ1n) is 5.76. The fourth-order valence-electron chi connectivity index (χ4n) is 2.00. The summed E-state index contributed by atoms with van der Waals surface area (Å²) in [6, 6.07) is 0. The van der Waals surface area contributed by atoms with Crippen LogP contribution in [0.2, 0.25) is 0 Å². The van der Waals surface area contributed by atoms with Crippen LogP contribution in [0.3, 0.4) is 0 Å². The van der Waals surface area contributed by atoms with E-state index < -0.39 is 0 Å². The lowest BCUT2D eigenvalue weighted by Crippen LogP contribution is -2.21. The molecule has 0 saturated heterocycles. The highest BCUT2D eigenvalue weighted by Crippen LogP contribution is 2.41. The van der Waals surface area contributed by atoms with Crippen LogP contribution < -0.4 is 0 Å². The molecule has 0 amide bonds. The molecule has 4 nitrogen and oxygen atoms in total. The summed E-state index contributed by atoms with van der Waals surface area (Å²) in [4.78, 5) is 13.2. The Bertz CT molecular complexity index is 531. The van der Waals surface area contributed by atoms with E-state index >= 15 is 0 Å². The predicted octanol–water partition coefficient (Wildman–Crippen LogP) is 2.46. The maximum absolute atomic E-state index is 4.48. The van der Waals surface area contributed by atoms with Gasteiger partial charge in [-0.2, -0.15) is 0 Å². The van der Waals surface area contributed by atoms with Crippen molar-refractivity contribution in [3.8, 4) is 0 Å². The van der Waals surface area contributed by atoms with Gasteiger partial charge in [-0.1, -0.05) is 0 Å². The Hall–Kier alpha value is -1.45. The molecule has 1 aliphatic rings. The van der Waals surface area contributed by atoms with E-state index in [0.29, 0.717) is 5.92 Å². The van der Waals surface area contributed by atoms with Crippen LogP contribution in [-0.2, 0) is 5.54 Å². The van der Waals surface area contributed by atoms with Crippen molar-refractivity contribution in [3.63, 3.8) is 0 Å². The predicted molar refractivity (Wildman–Crippen MR) is 62.3 cm³/mol. The first-order chi connectivity index (χ1) is 7.57. The van der Waals surface area contributed by atoms with Crippen molar-refractivity contribution >= 4 is 11.2 Å². The lowest BCUT2D eigenvalue weighted by atomic mass is 10.1. The summed E-state index contributed by atoms with van der Waals surface area (Å²) in [5.41, 5.74) is 3.10. The second kappa shape index (κ2) is 3.03. The number of aromatic nitrogens is 4. The van der Waals surface area contributed by atoms with Gasteiger partial charge in [0.15, 0.2) is 5.65 Å². The van der Waals surface area contributed by atoms with Crippen LogP contribution in [0.15, 0.2) is 12.7 Å². The second-order valence-electron chi connectivity index (χ2n) is 5.49. The Kier molecular flexibility index (Phi) is 1.85. The molecule has 1 aliphatic carbocycles. The Morgan fingerprint density at radius 3 is 2.56 bits per heavy atom. The zero-order valence-electron chi connectivity index (χ0n) is 9.94. The van der Waals surface area contributed by atoms with Gasteiger partial charge in [0.1, 0.15) is 11.8 Å². The van der Waals surface area contributed by atoms with Gasteiger partial charge < -0.3 is 4.57 Å². The number of fused-ring (bicyclic) bond motifs is 1. The molecule has 0 aromatic carbocycles. The standard InChI is InChI=1S/C12H16N4/c1-12(2,3)16-7-15-10-9(8-4-5-8)13-6-14-11(10)16/h6-8H,4-5H2,1-3H3. The molecule has 0 spiro atoms.